The summed E-state index contributed by atoms with van der Waals surface area (Å²) in [4.78, 5) is 0.936. The van der Waals surface area contributed by atoms with Crippen molar-refractivity contribution in [3.05, 3.63) is 24.0 Å². The van der Waals surface area contributed by atoms with Crippen molar-refractivity contribution in [2.24, 2.45) is 5.92 Å². The maximum absolute atomic E-state index is 13.1. The number of thioether (sulfide) groups is 1. The van der Waals surface area contributed by atoms with Crippen molar-refractivity contribution in [1.82, 2.24) is 5.32 Å². The van der Waals surface area contributed by atoms with Crippen molar-refractivity contribution in [2.45, 2.75) is 24.2 Å². The molecule has 0 spiro atoms. The highest BCUT2D eigenvalue weighted by Gasteiger charge is 2.12. The molecule has 1 aromatic rings. The Morgan fingerprint density at radius 2 is 2.29 bits per heavy atom. The van der Waals surface area contributed by atoms with Crippen LogP contribution in [0, 0.1) is 11.7 Å². The molecule has 0 saturated carbocycles. The van der Waals surface area contributed by atoms with Gasteiger partial charge in [0.05, 0.1) is 0 Å². The molecule has 17 heavy (non-hydrogen) atoms. The molecule has 1 aromatic carbocycles. The van der Waals surface area contributed by atoms with E-state index in [1.165, 1.54) is 25.3 Å². The molecule has 1 aliphatic heterocycles. The lowest BCUT2D eigenvalue weighted by Gasteiger charge is -2.22. The van der Waals surface area contributed by atoms with Crippen LogP contribution < -0.4 is 11.1 Å². The second-order valence-corrected chi connectivity index (χ2v) is 5.74. The summed E-state index contributed by atoms with van der Waals surface area (Å²) in [5.74, 6) is 1.57. The number of piperidine rings is 1. The summed E-state index contributed by atoms with van der Waals surface area (Å²) in [5.41, 5.74) is 6.12. The normalized spacial score (nSPS) is 20.4. The Morgan fingerprint density at radius 1 is 1.41 bits per heavy atom. The number of hydrogen-bond donors (Lipinski definition) is 2. The third kappa shape index (κ3) is 4.21. The Kier molecular flexibility index (Phi) is 4.68. The van der Waals surface area contributed by atoms with Crippen molar-refractivity contribution in [3.8, 4) is 0 Å². The zero-order valence-corrected chi connectivity index (χ0v) is 10.7. The molecule has 1 saturated heterocycles. The lowest BCUT2D eigenvalue weighted by Crippen LogP contribution is -2.29. The standard InChI is InChI=1S/C13H19FN2S/c14-11-6-12(15)8-13(7-11)17-5-3-10-2-1-4-16-9-10/h6-8,10,16H,1-5,9,15H2. The zero-order chi connectivity index (χ0) is 12.1. The minimum absolute atomic E-state index is 0.244. The minimum Gasteiger partial charge on any atom is -0.399 e. The first-order chi connectivity index (χ1) is 8.24. The van der Waals surface area contributed by atoms with Crippen LogP contribution in [-0.2, 0) is 0 Å². The van der Waals surface area contributed by atoms with Crippen LogP contribution in [0.15, 0.2) is 23.1 Å². The molecular weight excluding hydrogens is 235 g/mol. The molecule has 1 fully saturated rings. The van der Waals surface area contributed by atoms with Crippen molar-refractivity contribution in [3.63, 3.8) is 0 Å². The maximum atomic E-state index is 13.1. The van der Waals surface area contributed by atoms with Gasteiger partial charge in [-0.2, -0.15) is 0 Å². The average Bonchev–Trinajstić information content (AvgIpc) is 2.29. The van der Waals surface area contributed by atoms with Gasteiger partial charge in [0, 0.05) is 10.6 Å². The van der Waals surface area contributed by atoms with Crippen molar-refractivity contribution < 1.29 is 4.39 Å². The van der Waals surface area contributed by atoms with E-state index in [-0.39, 0.29) is 5.82 Å². The number of anilines is 1. The smallest absolute Gasteiger partial charge is 0.126 e. The summed E-state index contributed by atoms with van der Waals surface area (Å²) < 4.78 is 13.1. The van der Waals surface area contributed by atoms with E-state index in [2.05, 4.69) is 5.32 Å². The van der Waals surface area contributed by atoms with E-state index in [0.29, 0.717) is 5.69 Å². The van der Waals surface area contributed by atoms with Gasteiger partial charge in [-0.15, -0.1) is 11.8 Å². The molecule has 94 valence electrons. The fraction of sp³-hybridized carbons (Fsp3) is 0.538. The van der Waals surface area contributed by atoms with Gasteiger partial charge < -0.3 is 11.1 Å². The molecule has 0 radical (unpaired) electrons. The van der Waals surface area contributed by atoms with Crippen molar-refractivity contribution in [1.29, 1.82) is 0 Å². The van der Waals surface area contributed by atoms with Gasteiger partial charge >= 0.3 is 0 Å². The second-order valence-electron chi connectivity index (χ2n) is 4.57. The van der Waals surface area contributed by atoms with Gasteiger partial charge in [-0.1, -0.05) is 0 Å². The van der Waals surface area contributed by atoms with Crippen LogP contribution in [0.1, 0.15) is 19.3 Å². The van der Waals surface area contributed by atoms with Crippen LogP contribution in [0.3, 0.4) is 0 Å². The fourth-order valence-electron chi connectivity index (χ4n) is 2.18. The number of nitrogens with two attached hydrogens (primary N) is 1. The Labute approximate surface area is 106 Å². The highest BCUT2D eigenvalue weighted by atomic mass is 32.2. The van der Waals surface area contributed by atoms with Gasteiger partial charge in [0.2, 0.25) is 0 Å². The van der Waals surface area contributed by atoms with Gasteiger partial charge in [0.15, 0.2) is 0 Å². The second kappa shape index (κ2) is 6.26. The molecule has 1 unspecified atom stereocenters. The zero-order valence-electron chi connectivity index (χ0n) is 9.92. The third-order valence-corrected chi connectivity index (χ3v) is 4.10. The molecule has 1 heterocycles. The summed E-state index contributed by atoms with van der Waals surface area (Å²) in [6, 6.07) is 4.75. The van der Waals surface area contributed by atoms with Crippen LogP contribution in [0.5, 0.6) is 0 Å². The highest BCUT2D eigenvalue weighted by Crippen LogP contribution is 2.25. The van der Waals surface area contributed by atoms with E-state index in [0.717, 1.165) is 29.7 Å². The minimum atomic E-state index is -0.244. The van der Waals surface area contributed by atoms with Gasteiger partial charge in [0.1, 0.15) is 5.82 Å². The van der Waals surface area contributed by atoms with E-state index in [1.54, 1.807) is 17.8 Å². The van der Waals surface area contributed by atoms with Crippen LogP contribution in [0.4, 0.5) is 10.1 Å². The summed E-state index contributed by atoms with van der Waals surface area (Å²) in [5, 5.41) is 3.41. The number of benzene rings is 1. The maximum Gasteiger partial charge on any atom is 0.126 e. The predicted octanol–water partition coefficient (Wildman–Crippen LogP) is 2.89. The molecule has 2 rings (SSSR count). The number of nitrogens with one attached hydrogen (secondary N) is 1. The van der Waals surface area contributed by atoms with Gasteiger partial charge in [-0.05, 0) is 62.2 Å². The van der Waals surface area contributed by atoms with E-state index in [4.69, 9.17) is 5.73 Å². The molecule has 1 atom stereocenters. The SMILES string of the molecule is Nc1cc(F)cc(SCCC2CCCNC2)c1. The molecule has 2 nitrogen and oxygen atoms in total. The Morgan fingerprint density at radius 3 is 3.00 bits per heavy atom. The van der Waals surface area contributed by atoms with E-state index in [1.807, 2.05) is 6.07 Å². The fourth-order valence-corrected chi connectivity index (χ4v) is 3.28. The van der Waals surface area contributed by atoms with Crippen molar-refractivity contribution in [2.75, 3.05) is 24.6 Å². The highest BCUT2D eigenvalue weighted by molar-refractivity contribution is 7.99. The molecule has 1 aliphatic rings. The molecular formula is C13H19FN2S. The largest absolute Gasteiger partial charge is 0.399 e. The summed E-state index contributed by atoms with van der Waals surface area (Å²) >= 11 is 1.69. The number of nitrogen functional groups attached to an aromatic ring is 1. The first-order valence-corrected chi connectivity index (χ1v) is 7.12. The topological polar surface area (TPSA) is 38.0 Å². The van der Waals surface area contributed by atoms with Crippen LogP contribution >= 0.6 is 11.8 Å². The lowest BCUT2D eigenvalue weighted by molar-refractivity contribution is 0.371. The van der Waals surface area contributed by atoms with E-state index in [9.17, 15) is 4.39 Å². The number of hydrogen-bond acceptors (Lipinski definition) is 3. The lowest BCUT2D eigenvalue weighted by atomic mass is 9.97. The summed E-state index contributed by atoms with van der Waals surface area (Å²) in [7, 11) is 0. The van der Waals surface area contributed by atoms with E-state index >= 15 is 0 Å². The predicted molar refractivity (Wildman–Crippen MR) is 71.7 cm³/mol. The first-order valence-electron chi connectivity index (χ1n) is 6.13. The molecule has 0 amide bonds. The monoisotopic (exact) mass is 254 g/mol. The van der Waals surface area contributed by atoms with Gasteiger partial charge in [-0.25, -0.2) is 4.39 Å². The first kappa shape index (κ1) is 12.7. The van der Waals surface area contributed by atoms with Gasteiger partial charge in [0.25, 0.3) is 0 Å². The molecule has 0 bridgehead atoms. The van der Waals surface area contributed by atoms with Crippen LogP contribution in [0.25, 0.3) is 0 Å². The molecule has 3 N–H and O–H groups in total. The van der Waals surface area contributed by atoms with Crippen LogP contribution in [0.2, 0.25) is 0 Å². The molecule has 0 aromatic heterocycles. The van der Waals surface area contributed by atoms with Crippen molar-refractivity contribution >= 4 is 17.4 Å². The van der Waals surface area contributed by atoms with Gasteiger partial charge in [-0.3, -0.25) is 0 Å². The number of halogens is 1. The number of rotatable bonds is 4. The van der Waals surface area contributed by atoms with E-state index < -0.39 is 0 Å². The Hall–Kier alpha value is -0.740. The average molecular weight is 254 g/mol. The Balaban J connectivity index is 1.77. The van der Waals surface area contributed by atoms with Crippen LogP contribution in [-0.4, -0.2) is 18.8 Å². The molecule has 4 heteroatoms. The Bertz CT molecular complexity index is 344. The third-order valence-electron chi connectivity index (χ3n) is 3.09. The summed E-state index contributed by atoms with van der Waals surface area (Å²) in [6.45, 7) is 2.29. The summed E-state index contributed by atoms with van der Waals surface area (Å²) in [6.07, 6.45) is 3.79. The quantitative estimate of drug-likeness (QED) is 0.641. The molecule has 0 aliphatic carbocycles.